The quantitative estimate of drug-likeness (QED) is 0.0318. The number of methoxy groups -OCH3 is 1. The van der Waals surface area contributed by atoms with Crippen molar-refractivity contribution >= 4 is 129 Å². The number of para-hydroxylation sites is 4. The van der Waals surface area contributed by atoms with E-state index in [1.54, 1.807) is 13.2 Å². The molecular formula is C115H98O8P4. The van der Waals surface area contributed by atoms with E-state index in [9.17, 15) is 24.4 Å². The molecule has 12 heteroatoms. The Morgan fingerprint density at radius 3 is 0.709 bits per heavy atom. The van der Waals surface area contributed by atoms with E-state index in [1.165, 1.54) is 17.7 Å². The van der Waals surface area contributed by atoms with Crippen molar-refractivity contribution in [1.82, 2.24) is 0 Å². The third-order valence-corrected chi connectivity index (χ3v) is 44.9. The molecule has 4 N–H and O–H groups in total. The maximum absolute atomic E-state index is 13.9. The molecule has 8 nitrogen and oxygen atoms in total. The molecule has 0 aliphatic carbocycles. The molecule has 0 amide bonds. The molecule has 127 heavy (non-hydrogen) atoms. The van der Waals surface area contributed by atoms with Gasteiger partial charge in [-0.3, -0.25) is 0 Å². The Balaban J connectivity index is 0.000000125. The second-order valence-corrected chi connectivity index (χ2v) is 47.7. The predicted molar refractivity (Wildman–Crippen MR) is 541 cm³/mol. The first kappa shape index (κ1) is 86.6. The molecule has 626 valence electrons. The van der Waals surface area contributed by atoms with Crippen molar-refractivity contribution in [3.05, 3.63) is 534 Å². The molecule has 0 spiro atoms. The summed E-state index contributed by atoms with van der Waals surface area (Å²) < 4.78 is 17.8. The van der Waals surface area contributed by atoms with Gasteiger partial charge in [0.25, 0.3) is 0 Å². The third-order valence-electron chi connectivity index (χ3n) is 24.0. The van der Waals surface area contributed by atoms with Crippen molar-refractivity contribution in [1.29, 1.82) is 0 Å². The molecule has 0 saturated heterocycles. The van der Waals surface area contributed by atoms with Crippen LogP contribution in [0.2, 0.25) is 0 Å². The van der Waals surface area contributed by atoms with Gasteiger partial charge in [-0.1, -0.05) is 0 Å². The van der Waals surface area contributed by atoms with Gasteiger partial charge in [0.15, 0.2) is 0 Å². The van der Waals surface area contributed by atoms with Crippen LogP contribution in [0.25, 0.3) is 21.9 Å². The zero-order chi connectivity index (χ0) is 87.6. The molecule has 19 aromatic rings. The normalized spacial score (nSPS) is 12.6. The van der Waals surface area contributed by atoms with Gasteiger partial charge in [0.1, 0.15) is 0 Å². The first-order valence-corrected chi connectivity index (χ1v) is 51.0. The Hall–Kier alpha value is -13.9. The number of fused-ring (bicyclic) bond motifs is 1. The number of hydrogen-bond acceptors (Lipinski definition) is 8. The average Bonchev–Trinajstić information content (AvgIpc) is 0.705. The molecular weight excluding hydrogens is 1630 g/mol. The summed E-state index contributed by atoms with van der Waals surface area (Å²) in [5.74, 6) is 1.98. The van der Waals surface area contributed by atoms with Gasteiger partial charge in [0.05, 0.1) is 0 Å². The zero-order valence-electron chi connectivity index (χ0n) is 70.5. The summed E-state index contributed by atoms with van der Waals surface area (Å²) >= 11 is 0. The topological polar surface area (TPSA) is 126 Å². The van der Waals surface area contributed by atoms with Crippen LogP contribution in [0.3, 0.4) is 0 Å². The van der Waals surface area contributed by atoms with Crippen molar-refractivity contribution in [2.75, 3.05) is 7.11 Å². The van der Waals surface area contributed by atoms with E-state index in [-0.39, 0.29) is 0 Å². The maximum atomic E-state index is 13.9. The summed E-state index contributed by atoms with van der Waals surface area (Å²) in [7, 11) is 1.65. The summed E-state index contributed by atoms with van der Waals surface area (Å²) in [4.78, 5) is 65.9. The summed E-state index contributed by atoms with van der Waals surface area (Å²) in [5.41, 5.74) is 2.17. The average molecular weight is 1730 g/mol. The monoisotopic (exact) mass is 1730 g/mol. The number of esters is 1. The van der Waals surface area contributed by atoms with Gasteiger partial charge in [-0.15, -0.1) is 0 Å². The molecule has 0 aromatic heterocycles. The molecule has 0 fully saturated rings. The van der Waals surface area contributed by atoms with Crippen LogP contribution in [0.15, 0.2) is 534 Å². The number of hydrogen-bond donors (Lipinski definition) is 4. The van der Waals surface area contributed by atoms with Crippen molar-refractivity contribution < 1.29 is 38.6 Å². The van der Waals surface area contributed by atoms with Crippen LogP contribution in [0, 0.1) is 0 Å². The first-order valence-electron chi connectivity index (χ1n) is 42.2. The fraction of sp³-hybridized carbons (Fsp3) is 0.0174. The Morgan fingerprint density at radius 2 is 0.409 bits per heavy atom. The van der Waals surface area contributed by atoms with Gasteiger partial charge in [-0.25, -0.2) is 0 Å². The molecule has 0 aliphatic rings. The molecule has 0 unspecified atom stereocenters. The molecule has 0 bridgehead atoms. The van der Waals surface area contributed by atoms with E-state index in [0.717, 1.165) is 96.4 Å². The van der Waals surface area contributed by atoms with E-state index >= 15 is 0 Å². The molecule has 0 radical (unpaired) electrons. The van der Waals surface area contributed by atoms with Gasteiger partial charge < -0.3 is 0 Å². The van der Waals surface area contributed by atoms with Crippen molar-refractivity contribution in [3.63, 3.8) is 0 Å². The van der Waals surface area contributed by atoms with Gasteiger partial charge in [-0.05, 0) is 0 Å². The Kier molecular flexibility index (Phi) is 25.6. The van der Waals surface area contributed by atoms with Crippen molar-refractivity contribution in [2.45, 2.75) is 6.92 Å². The molecule has 0 saturated carbocycles. The molecule has 0 heterocycles. The fourth-order valence-electron chi connectivity index (χ4n) is 18.2. The number of ether oxygens (including phenoxy) is 3. The van der Waals surface area contributed by atoms with Crippen LogP contribution in [0.1, 0.15) is 6.92 Å². The standard InChI is InChI=1S/C34H27OP.C30H25O2P.C26H23O3P.C25H23O2P/c35-36(28-17-4-1-5-18-28,29-19-6-2-7-20-29,30-21-8-3-9-22-30)34-26-13-12-24-33(34)32-25-14-16-27-15-10-11-23-31(27)32;31-33(26-17-7-2-8-18-26,27-19-9-3-10-20-27,28-21-11-4-12-22-28)30-24-14-13-23-29(30)32-25-15-5-1-6-16-25;1-21(27)29-25-19-11-12-20-26(25)30(28,22-13-5-2-6-14-22,23-15-7-3-8-16-23)24-17-9-4-10-18-24;1-27-24-19-11-12-20-25(24)28(26,21-13-5-2-6-14-21,22-15-7-3-8-16-22)23-17-9-4-10-18-23/h1-26,35H;1-24,31H;2-20,28H,1H3;2-20,26H,1H3. The van der Waals surface area contributed by atoms with Crippen LogP contribution in [0.5, 0.6) is 23.0 Å². The minimum atomic E-state index is -4.21. The fourth-order valence-corrected chi connectivity index (χ4v) is 38.0. The van der Waals surface area contributed by atoms with Crippen LogP contribution in [-0.4, -0.2) is 32.7 Å². The molecule has 0 aliphatic heterocycles. The first-order chi connectivity index (χ1) is 62.2. The van der Waals surface area contributed by atoms with E-state index in [0.29, 0.717) is 22.6 Å². The number of carbonyl (C=O) groups excluding carboxylic acids is 1. The SMILES string of the molecule is CC(=O)Oc1ccccc1P(O)(c1ccccc1)(c1ccccc1)c1ccccc1.COc1ccccc1P(O)(c1ccccc1)(c1ccccc1)c1ccccc1.OP(c1ccccc1)(c1ccccc1)(c1ccccc1)c1ccccc1-c1cccc2ccccc12.OP(c1ccccc1)(c1ccccc1)(c1ccccc1)c1ccccc1Oc1ccccc1. The molecule has 19 rings (SSSR count). The minimum absolute atomic E-state index is 0.363. The van der Waals surface area contributed by atoms with E-state index in [4.69, 9.17) is 14.2 Å². The summed E-state index contributed by atoms with van der Waals surface area (Å²) in [5, 5.41) is 15.8. The number of carbonyl (C=O) groups is 1. The summed E-state index contributed by atoms with van der Waals surface area (Å²) in [6, 6.07) is 176. The molecule has 0 atom stereocenters. The van der Waals surface area contributed by atoms with E-state index in [1.807, 2.05) is 425 Å². The summed E-state index contributed by atoms with van der Waals surface area (Å²) in [6.45, 7) is -15.1. The van der Waals surface area contributed by atoms with Crippen LogP contribution < -0.4 is 99.1 Å². The number of rotatable bonds is 21. The van der Waals surface area contributed by atoms with Crippen LogP contribution >= 0.6 is 27.3 Å². The van der Waals surface area contributed by atoms with Gasteiger partial charge in [0, 0.05) is 0 Å². The summed E-state index contributed by atoms with van der Waals surface area (Å²) in [6.07, 6.45) is 0. The zero-order valence-corrected chi connectivity index (χ0v) is 74.1. The van der Waals surface area contributed by atoms with Gasteiger partial charge >= 0.3 is 750 Å². The second kappa shape index (κ2) is 37.5. The molecule has 19 aromatic carbocycles. The Labute approximate surface area is 744 Å². The van der Waals surface area contributed by atoms with Crippen molar-refractivity contribution in [2.24, 2.45) is 0 Å². The second-order valence-electron chi connectivity index (χ2n) is 31.0. The Bertz CT molecular complexity index is 6460. The van der Waals surface area contributed by atoms with Crippen molar-refractivity contribution in [3.8, 4) is 34.1 Å². The van der Waals surface area contributed by atoms with Gasteiger partial charge in [-0.2, -0.15) is 0 Å². The van der Waals surface area contributed by atoms with Crippen LogP contribution in [-0.2, 0) is 4.79 Å². The van der Waals surface area contributed by atoms with E-state index < -0.39 is 33.3 Å². The Morgan fingerprint density at radius 1 is 0.205 bits per heavy atom. The van der Waals surface area contributed by atoms with Gasteiger partial charge in [0.2, 0.25) is 0 Å². The number of benzene rings is 19. The van der Waals surface area contributed by atoms with Crippen LogP contribution in [0.4, 0.5) is 0 Å². The third kappa shape index (κ3) is 15.4. The van der Waals surface area contributed by atoms with E-state index in [2.05, 4.69) is 103 Å². The predicted octanol–water partition coefficient (Wildman–Crippen LogP) is 19.5.